The van der Waals surface area contributed by atoms with Gasteiger partial charge in [-0.1, -0.05) is 174 Å². The topological polar surface area (TPSA) is 226 Å². The van der Waals surface area contributed by atoms with Gasteiger partial charge in [-0.2, -0.15) is 0 Å². The Hall–Kier alpha value is -0.960. The number of allylic oxidation sites excluding steroid dienone is 1. The number of carbonyl (C=O) groups is 1. The van der Waals surface area contributed by atoms with Gasteiger partial charge in [0, 0.05) is 0 Å². The molecule has 1 fully saturated rings. The molecule has 332 valence electrons. The first-order chi connectivity index (χ1) is 26.8. The van der Waals surface area contributed by atoms with Crippen LogP contribution in [0.1, 0.15) is 187 Å². The number of hydrogen-bond acceptors (Lipinski definition) is 11. The van der Waals surface area contributed by atoms with Crippen LogP contribution in [-0.4, -0.2) is 108 Å². The highest BCUT2D eigenvalue weighted by Crippen LogP contribution is 2.47. The number of aliphatic hydroxyl groups excluding tert-OH is 7. The second kappa shape index (κ2) is 32.8. The predicted octanol–water partition coefficient (Wildman–Crippen LogP) is 6.64. The highest BCUT2D eigenvalue weighted by molar-refractivity contribution is 7.47. The highest BCUT2D eigenvalue weighted by Gasteiger charge is 2.51. The standard InChI is InChI=1S/C42H82NO12P/c1-3-5-7-9-11-13-15-16-17-18-19-20-22-24-26-28-30-35(45)34(32-54-56(52,53)55-42-40(50)38(48)37(47)39(49)41(42)51)43-36(46)31-33(44)29-27-25-23-21-14-12-10-8-6-4-2/h28,30,33-35,37-42,44-45,47-51H,3-27,29,31-32H2,1-2H3,(H,43,46)(H,52,53)/b30-28+. The van der Waals surface area contributed by atoms with E-state index in [1.54, 1.807) is 6.08 Å². The number of aliphatic hydroxyl groups is 7. The average Bonchev–Trinajstić information content (AvgIpc) is 3.17. The number of phosphoric ester groups is 1. The highest BCUT2D eigenvalue weighted by atomic mass is 31.2. The van der Waals surface area contributed by atoms with Gasteiger partial charge >= 0.3 is 7.82 Å². The fourth-order valence-electron chi connectivity index (χ4n) is 7.18. The number of phosphoric acid groups is 1. The average molecular weight is 824 g/mol. The molecule has 9 N–H and O–H groups in total. The van der Waals surface area contributed by atoms with Crippen molar-refractivity contribution in [2.75, 3.05) is 6.61 Å². The van der Waals surface area contributed by atoms with Crippen molar-refractivity contribution in [1.82, 2.24) is 5.32 Å². The molecule has 1 saturated carbocycles. The summed E-state index contributed by atoms with van der Waals surface area (Å²) < 4.78 is 22.8. The normalized spacial score (nSPS) is 24.2. The van der Waals surface area contributed by atoms with E-state index in [1.165, 1.54) is 115 Å². The van der Waals surface area contributed by atoms with Gasteiger partial charge in [-0.15, -0.1) is 0 Å². The lowest BCUT2D eigenvalue weighted by Crippen LogP contribution is -2.64. The summed E-state index contributed by atoms with van der Waals surface area (Å²) in [5, 5.41) is 74.3. The molecule has 0 bridgehead atoms. The molecule has 13 nitrogen and oxygen atoms in total. The lowest BCUT2D eigenvalue weighted by atomic mass is 9.85. The molecule has 0 aromatic heterocycles. The lowest BCUT2D eigenvalue weighted by Gasteiger charge is -2.41. The van der Waals surface area contributed by atoms with Gasteiger partial charge in [0.1, 0.15) is 36.6 Å². The zero-order valence-electron chi connectivity index (χ0n) is 34.8. The van der Waals surface area contributed by atoms with Crippen molar-refractivity contribution in [3.8, 4) is 0 Å². The second-order valence-electron chi connectivity index (χ2n) is 16.1. The molecule has 0 saturated heterocycles. The third kappa shape index (κ3) is 24.8. The minimum absolute atomic E-state index is 0.241. The zero-order valence-corrected chi connectivity index (χ0v) is 35.7. The van der Waals surface area contributed by atoms with Gasteiger partial charge in [-0.25, -0.2) is 4.57 Å². The number of carbonyl (C=O) groups excluding carboxylic acids is 1. The summed E-state index contributed by atoms with van der Waals surface area (Å²) in [5.41, 5.74) is 0. The first-order valence-corrected chi connectivity index (χ1v) is 23.7. The quantitative estimate of drug-likeness (QED) is 0.0184. The molecule has 0 heterocycles. The SMILES string of the molecule is CCCCCCCCCCCCCCCC/C=C/C(O)C(COP(=O)(O)OC1C(O)C(O)C(O)C(O)C1O)NC(=O)CC(O)CCCCCCCCCCCC. The number of nitrogens with one attached hydrogen (secondary N) is 1. The van der Waals surface area contributed by atoms with Crippen LogP contribution in [0.2, 0.25) is 0 Å². The van der Waals surface area contributed by atoms with E-state index in [1.807, 2.05) is 0 Å². The Balaban J connectivity index is 2.59. The maximum atomic E-state index is 12.9. The molecule has 1 aliphatic carbocycles. The lowest BCUT2D eigenvalue weighted by molar-refractivity contribution is -0.220. The van der Waals surface area contributed by atoms with Crippen LogP contribution in [0, 0.1) is 0 Å². The summed E-state index contributed by atoms with van der Waals surface area (Å²) in [6.07, 6.45) is 18.8. The van der Waals surface area contributed by atoms with Crippen molar-refractivity contribution in [2.45, 2.75) is 242 Å². The third-order valence-corrected chi connectivity index (χ3v) is 11.9. The molecule has 8 atom stereocenters. The maximum Gasteiger partial charge on any atom is 0.472 e. The van der Waals surface area contributed by atoms with Crippen LogP contribution < -0.4 is 5.32 Å². The molecule has 1 amide bonds. The van der Waals surface area contributed by atoms with Gasteiger partial charge in [-0.05, 0) is 19.3 Å². The van der Waals surface area contributed by atoms with Crippen molar-refractivity contribution in [3.63, 3.8) is 0 Å². The zero-order chi connectivity index (χ0) is 41.6. The molecular formula is C42H82NO12P. The fourth-order valence-corrected chi connectivity index (χ4v) is 8.15. The largest absolute Gasteiger partial charge is 0.472 e. The van der Waals surface area contributed by atoms with Crippen molar-refractivity contribution in [3.05, 3.63) is 12.2 Å². The Labute approximate surface area is 338 Å². The van der Waals surface area contributed by atoms with E-state index >= 15 is 0 Å². The Bertz CT molecular complexity index is 1020. The van der Waals surface area contributed by atoms with Crippen LogP contribution in [0.15, 0.2) is 12.2 Å². The number of amides is 1. The van der Waals surface area contributed by atoms with E-state index in [-0.39, 0.29) is 6.42 Å². The van der Waals surface area contributed by atoms with Crippen LogP contribution in [0.4, 0.5) is 0 Å². The number of hydrogen-bond donors (Lipinski definition) is 9. The third-order valence-electron chi connectivity index (χ3n) is 10.9. The summed E-state index contributed by atoms with van der Waals surface area (Å²) in [5.74, 6) is -0.593. The van der Waals surface area contributed by atoms with Crippen LogP contribution in [0.5, 0.6) is 0 Å². The van der Waals surface area contributed by atoms with Gasteiger partial charge in [0.05, 0.1) is 31.3 Å². The van der Waals surface area contributed by atoms with Crippen LogP contribution in [-0.2, 0) is 18.4 Å². The van der Waals surface area contributed by atoms with Crippen molar-refractivity contribution < 1.29 is 59.0 Å². The molecular weight excluding hydrogens is 741 g/mol. The van der Waals surface area contributed by atoms with Crippen molar-refractivity contribution >= 4 is 13.7 Å². The van der Waals surface area contributed by atoms with Crippen LogP contribution >= 0.6 is 7.82 Å². The second-order valence-corrected chi connectivity index (χ2v) is 17.5. The molecule has 56 heavy (non-hydrogen) atoms. The Morgan fingerprint density at radius 2 is 1.02 bits per heavy atom. The Morgan fingerprint density at radius 3 is 1.46 bits per heavy atom. The summed E-state index contributed by atoms with van der Waals surface area (Å²) in [7, 11) is -5.13. The Morgan fingerprint density at radius 1 is 0.625 bits per heavy atom. The number of unbranched alkanes of at least 4 members (excludes halogenated alkanes) is 23. The smallest absolute Gasteiger partial charge is 0.393 e. The maximum absolute atomic E-state index is 12.9. The van der Waals surface area contributed by atoms with E-state index in [0.29, 0.717) is 12.8 Å². The van der Waals surface area contributed by atoms with Crippen LogP contribution in [0.25, 0.3) is 0 Å². The molecule has 0 aromatic carbocycles. The van der Waals surface area contributed by atoms with Gasteiger partial charge in [-0.3, -0.25) is 13.8 Å². The van der Waals surface area contributed by atoms with Crippen molar-refractivity contribution in [1.29, 1.82) is 0 Å². The summed E-state index contributed by atoms with van der Waals surface area (Å²) in [4.78, 5) is 23.3. The van der Waals surface area contributed by atoms with Crippen LogP contribution in [0.3, 0.4) is 0 Å². The van der Waals surface area contributed by atoms with E-state index < -0.39 is 75.2 Å². The van der Waals surface area contributed by atoms with E-state index in [2.05, 4.69) is 19.2 Å². The predicted molar refractivity (Wildman–Crippen MR) is 220 cm³/mol. The summed E-state index contributed by atoms with van der Waals surface area (Å²) >= 11 is 0. The van der Waals surface area contributed by atoms with E-state index in [9.17, 15) is 50.0 Å². The summed E-state index contributed by atoms with van der Waals surface area (Å²) in [6.45, 7) is 3.71. The van der Waals surface area contributed by atoms with E-state index in [0.717, 1.165) is 44.9 Å². The monoisotopic (exact) mass is 824 g/mol. The molecule has 8 unspecified atom stereocenters. The van der Waals surface area contributed by atoms with Gasteiger partial charge in [0.2, 0.25) is 5.91 Å². The molecule has 1 aliphatic rings. The first-order valence-electron chi connectivity index (χ1n) is 22.2. The number of rotatable bonds is 36. The molecule has 0 spiro atoms. The minimum atomic E-state index is -5.13. The first kappa shape index (κ1) is 53.1. The minimum Gasteiger partial charge on any atom is -0.393 e. The van der Waals surface area contributed by atoms with Crippen molar-refractivity contribution in [2.24, 2.45) is 0 Å². The fraction of sp³-hybridized carbons (Fsp3) is 0.929. The molecule has 0 aromatic rings. The van der Waals surface area contributed by atoms with E-state index in [4.69, 9.17) is 9.05 Å². The molecule has 14 heteroatoms. The van der Waals surface area contributed by atoms with Gasteiger partial charge < -0.3 is 46.0 Å². The molecule has 0 aliphatic heterocycles. The molecule has 1 rings (SSSR count). The summed E-state index contributed by atoms with van der Waals surface area (Å²) in [6, 6.07) is -1.23. The van der Waals surface area contributed by atoms with Gasteiger partial charge in [0.15, 0.2) is 0 Å². The molecule has 0 radical (unpaired) electrons. The Kier molecular flexibility index (Phi) is 31.1. The van der Waals surface area contributed by atoms with Gasteiger partial charge in [0.25, 0.3) is 0 Å².